The molecule has 0 aliphatic carbocycles. The van der Waals surface area contributed by atoms with Gasteiger partial charge in [-0.2, -0.15) is 0 Å². The molecule has 3 rings (SSSR count). The molecule has 1 aromatic rings. The van der Waals surface area contributed by atoms with E-state index in [2.05, 4.69) is 22.1 Å². The summed E-state index contributed by atoms with van der Waals surface area (Å²) >= 11 is 0. The summed E-state index contributed by atoms with van der Waals surface area (Å²) < 4.78 is 23.8. The van der Waals surface area contributed by atoms with E-state index in [-0.39, 0.29) is 0 Å². The number of anilines is 1. The highest BCUT2D eigenvalue weighted by Gasteiger charge is 2.43. The fourth-order valence-electron chi connectivity index (χ4n) is 3.33. The molecule has 19 heavy (non-hydrogen) atoms. The summed E-state index contributed by atoms with van der Waals surface area (Å²) in [5.74, 6) is 1.81. The van der Waals surface area contributed by atoms with Gasteiger partial charge in [-0.1, -0.05) is 0 Å². The predicted molar refractivity (Wildman–Crippen MR) is 74.0 cm³/mol. The molecule has 1 aromatic heterocycles. The molecule has 104 valence electrons. The molecule has 1 N–H and O–H groups in total. The van der Waals surface area contributed by atoms with Gasteiger partial charge >= 0.3 is 0 Å². The third-order valence-electron chi connectivity index (χ3n) is 4.36. The van der Waals surface area contributed by atoms with Gasteiger partial charge in [0.2, 0.25) is 0 Å². The molecule has 2 fully saturated rings. The van der Waals surface area contributed by atoms with Crippen molar-refractivity contribution in [3.8, 4) is 0 Å². The molecule has 0 spiro atoms. The van der Waals surface area contributed by atoms with E-state index in [4.69, 9.17) is 0 Å². The van der Waals surface area contributed by atoms with Crippen molar-refractivity contribution in [2.45, 2.75) is 17.9 Å². The monoisotopic (exact) mass is 281 g/mol. The van der Waals surface area contributed by atoms with E-state index < -0.39 is 9.84 Å². The van der Waals surface area contributed by atoms with Crippen molar-refractivity contribution >= 4 is 15.7 Å². The first kappa shape index (κ1) is 12.9. The first-order valence-electron chi connectivity index (χ1n) is 6.61. The normalized spacial score (nSPS) is 30.6. The van der Waals surface area contributed by atoms with Gasteiger partial charge in [-0.05, 0) is 30.9 Å². The average molecular weight is 281 g/mol. The molecule has 0 amide bonds. The summed E-state index contributed by atoms with van der Waals surface area (Å²) in [5.41, 5.74) is 0. The molecule has 3 atom stereocenters. The topological polar surface area (TPSA) is 62.3 Å². The molecule has 5 nitrogen and oxygen atoms in total. The van der Waals surface area contributed by atoms with Crippen LogP contribution in [0, 0.1) is 11.8 Å². The Bertz CT molecular complexity index is 587. The van der Waals surface area contributed by atoms with E-state index >= 15 is 0 Å². The minimum atomic E-state index is -3.24. The largest absolute Gasteiger partial charge is 0.352 e. The SMILES string of the molecule is CC1C2CNCC2CN1c1ncccc1S(C)(=O)=O. The van der Waals surface area contributed by atoms with Crippen LogP contribution in [0.3, 0.4) is 0 Å². The van der Waals surface area contributed by atoms with Gasteiger partial charge in [0.15, 0.2) is 9.84 Å². The highest BCUT2D eigenvalue weighted by Crippen LogP contribution is 2.37. The van der Waals surface area contributed by atoms with Crippen LogP contribution in [0.15, 0.2) is 23.2 Å². The molecule has 0 saturated carbocycles. The van der Waals surface area contributed by atoms with Crippen LogP contribution in [-0.2, 0) is 9.84 Å². The van der Waals surface area contributed by atoms with Crippen LogP contribution in [0.2, 0.25) is 0 Å². The second-order valence-corrected chi connectivity index (χ2v) is 7.56. The average Bonchev–Trinajstić information content (AvgIpc) is 2.92. The first-order chi connectivity index (χ1) is 8.98. The van der Waals surface area contributed by atoms with Gasteiger partial charge in [0.1, 0.15) is 10.7 Å². The number of pyridine rings is 1. The third-order valence-corrected chi connectivity index (χ3v) is 5.47. The van der Waals surface area contributed by atoms with E-state index in [1.165, 1.54) is 6.26 Å². The Balaban J connectivity index is 2.00. The third kappa shape index (κ3) is 2.12. The fourth-order valence-corrected chi connectivity index (χ4v) is 4.16. The molecule has 6 heteroatoms. The fraction of sp³-hybridized carbons (Fsp3) is 0.615. The minimum Gasteiger partial charge on any atom is -0.352 e. The maximum atomic E-state index is 11.9. The van der Waals surface area contributed by atoms with E-state index in [0.29, 0.717) is 28.6 Å². The zero-order valence-electron chi connectivity index (χ0n) is 11.2. The van der Waals surface area contributed by atoms with E-state index in [9.17, 15) is 8.42 Å². The lowest BCUT2D eigenvalue weighted by Gasteiger charge is -2.26. The maximum Gasteiger partial charge on any atom is 0.179 e. The number of nitrogens with one attached hydrogen (secondary N) is 1. The van der Waals surface area contributed by atoms with Gasteiger partial charge in [-0.3, -0.25) is 0 Å². The lowest BCUT2D eigenvalue weighted by atomic mass is 9.95. The highest BCUT2D eigenvalue weighted by atomic mass is 32.2. The van der Waals surface area contributed by atoms with Gasteiger partial charge < -0.3 is 10.2 Å². The highest BCUT2D eigenvalue weighted by molar-refractivity contribution is 7.90. The molecule has 3 unspecified atom stereocenters. The van der Waals surface area contributed by atoms with Gasteiger partial charge in [0.25, 0.3) is 0 Å². The molecular formula is C13H19N3O2S. The molecule has 2 saturated heterocycles. The summed E-state index contributed by atoms with van der Waals surface area (Å²) in [6, 6.07) is 3.66. The minimum absolute atomic E-state index is 0.329. The van der Waals surface area contributed by atoms with Crippen LogP contribution >= 0.6 is 0 Å². The van der Waals surface area contributed by atoms with Crippen molar-refractivity contribution in [2.24, 2.45) is 11.8 Å². The van der Waals surface area contributed by atoms with Crippen LogP contribution in [-0.4, -0.2) is 45.3 Å². The van der Waals surface area contributed by atoms with Gasteiger partial charge in [0.05, 0.1) is 0 Å². The smallest absolute Gasteiger partial charge is 0.179 e. The second-order valence-electron chi connectivity index (χ2n) is 5.57. The quantitative estimate of drug-likeness (QED) is 0.857. The number of sulfone groups is 1. The molecule has 0 bridgehead atoms. The van der Waals surface area contributed by atoms with E-state index in [0.717, 1.165) is 19.6 Å². The summed E-state index contributed by atoms with van der Waals surface area (Å²) in [5, 5.41) is 3.41. The summed E-state index contributed by atoms with van der Waals surface area (Å²) in [4.78, 5) is 6.83. The van der Waals surface area contributed by atoms with Crippen molar-refractivity contribution in [2.75, 3.05) is 30.8 Å². The molecule has 0 aromatic carbocycles. The van der Waals surface area contributed by atoms with Crippen molar-refractivity contribution in [1.82, 2.24) is 10.3 Å². The second kappa shape index (κ2) is 4.45. The Labute approximate surface area is 113 Å². The predicted octanol–water partition coefficient (Wildman–Crippen LogP) is 0.529. The van der Waals surface area contributed by atoms with Crippen molar-refractivity contribution in [3.05, 3.63) is 18.3 Å². The maximum absolute atomic E-state index is 11.9. The van der Waals surface area contributed by atoms with Crippen molar-refractivity contribution < 1.29 is 8.42 Å². The van der Waals surface area contributed by atoms with Crippen molar-refractivity contribution in [1.29, 1.82) is 0 Å². The molecular weight excluding hydrogens is 262 g/mol. The standard InChI is InChI=1S/C13H19N3O2S/c1-9-11-7-14-6-10(11)8-16(9)13-12(19(2,17)18)4-3-5-15-13/h3-5,9-11,14H,6-8H2,1-2H3. The van der Waals surface area contributed by atoms with Crippen LogP contribution in [0.25, 0.3) is 0 Å². The van der Waals surface area contributed by atoms with Gasteiger partial charge in [0, 0.05) is 38.1 Å². The summed E-state index contributed by atoms with van der Waals surface area (Å²) in [6.07, 6.45) is 2.92. The van der Waals surface area contributed by atoms with Gasteiger partial charge in [-0.25, -0.2) is 13.4 Å². The zero-order chi connectivity index (χ0) is 13.6. The number of hydrogen-bond donors (Lipinski definition) is 1. The lowest BCUT2D eigenvalue weighted by Crippen LogP contribution is -2.34. The van der Waals surface area contributed by atoms with E-state index in [1.807, 2.05) is 0 Å². The first-order valence-corrected chi connectivity index (χ1v) is 8.50. The van der Waals surface area contributed by atoms with Crippen LogP contribution in [0.1, 0.15) is 6.92 Å². The van der Waals surface area contributed by atoms with Crippen molar-refractivity contribution in [3.63, 3.8) is 0 Å². The Morgan fingerprint density at radius 2 is 2.21 bits per heavy atom. The number of aromatic nitrogens is 1. The summed E-state index contributed by atoms with van der Waals surface area (Å²) in [6.45, 7) is 5.09. The van der Waals surface area contributed by atoms with Crippen LogP contribution in [0.5, 0.6) is 0 Å². The number of rotatable bonds is 2. The number of nitrogens with zero attached hydrogens (tertiary/aromatic N) is 2. The molecule has 3 heterocycles. The molecule has 2 aliphatic rings. The lowest BCUT2D eigenvalue weighted by molar-refractivity contribution is 0.471. The number of hydrogen-bond acceptors (Lipinski definition) is 5. The Morgan fingerprint density at radius 3 is 2.89 bits per heavy atom. The van der Waals surface area contributed by atoms with Gasteiger partial charge in [-0.15, -0.1) is 0 Å². The zero-order valence-corrected chi connectivity index (χ0v) is 12.0. The Morgan fingerprint density at radius 1 is 1.42 bits per heavy atom. The molecule has 0 radical (unpaired) electrons. The van der Waals surface area contributed by atoms with Crippen LogP contribution < -0.4 is 10.2 Å². The summed E-state index contributed by atoms with van der Waals surface area (Å²) in [7, 11) is -3.24. The van der Waals surface area contributed by atoms with Crippen LogP contribution in [0.4, 0.5) is 5.82 Å². The Kier molecular flexibility index (Phi) is 3.02. The number of fused-ring (bicyclic) bond motifs is 1. The Hall–Kier alpha value is -1.14. The molecule has 2 aliphatic heterocycles. The van der Waals surface area contributed by atoms with E-state index in [1.54, 1.807) is 18.3 Å².